The first-order valence-electron chi connectivity index (χ1n) is 9.48. The minimum atomic E-state index is -3.51. The number of nitrogens with two attached hydrogens (primary N) is 1. The summed E-state index contributed by atoms with van der Waals surface area (Å²) in [6.45, 7) is 10.9. The molecule has 0 saturated carbocycles. The highest BCUT2D eigenvalue weighted by molar-refractivity contribution is 7.89. The van der Waals surface area contributed by atoms with Gasteiger partial charge in [0.2, 0.25) is 10.0 Å². The van der Waals surface area contributed by atoms with Crippen molar-refractivity contribution in [3.8, 4) is 0 Å². The van der Waals surface area contributed by atoms with Crippen LogP contribution in [0, 0.1) is 5.92 Å². The fourth-order valence-corrected chi connectivity index (χ4v) is 8.83. The van der Waals surface area contributed by atoms with E-state index in [1.54, 1.807) is 6.08 Å². The Morgan fingerprint density at radius 3 is 1.86 bits per heavy atom. The van der Waals surface area contributed by atoms with Crippen molar-refractivity contribution in [1.82, 2.24) is 0 Å². The van der Waals surface area contributed by atoms with E-state index in [-0.39, 0.29) is 16.7 Å². The summed E-state index contributed by atoms with van der Waals surface area (Å²) in [7, 11) is -6.14. The molecule has 1 atom stereocenters. The molecule has 6 heteroatoms. The molecule has 2 aromatic carbocycles. The number of primary sulfonamides is 1. The van der Waals surface area contributed by atoms with E-state index in [9.17, 15) is 8.42 Å². The van der Waals surface area contributed by atoms with Crippen LogP contribution in [-0.2, 0) is 14.4 Å². The molecule has 2 aromatic rings. The highest BCUT2D eigenvalue weighted by Crippen LogP contribution is 2.37. The Kier molecular flexibility index (Phi) is 7.39. The first-order valence-corrected chi connectivity index (χ1v) is 13.1. The van der Waals surface area contributed by atoms with Crippen molar-refractivity contribution in [1.29, 1.82) is 0 Å². The van der Waals surface area contributed by atoms with Crippen LogP contribution in [0.2, 0.25) is 5.04 Å². The molecule has 28 heavy (non-hydrogen) atoms. The van der Waals surface area contributed by atoms with Crippen LogP contribution in [0.25, 0.3) is 0 Å². The van der Waals surface area contributed by atoms with E-state index in [0.29, 0.717) is 13.0 Å². The van der Waals surface area contributed by atoms with Gasteiger partial charge in [-0.25, -0.2) is 13.6 Å². The van der Waals surface area contributed by atoms with E-state index in [2.05, 4.69) is 51.6 Å². The SMILES string of the molecule is C=CC(CCS(N)(=O)=O)CO[Si](c1ccccc1)(c1ccccc1)C(C)(C)C. The third-order valence-corrected chi connectivity index (χ3v) is 10.8. The minimum absolute atomic E-state index is 0.0756. The fourth-order valence-electron chi connectivity index (χ4n) is 3.58. The summed E-state index contributed by atoms with van der Waals surface area (Å²) in [5.74, 6) is -0.159. The Morgan fingerprint density at radius 2 is 1.50 bits per heavy atom. The maximum Gasteiger partial charge on any atom is 0.261 e. The lowest BCUT2D eigenvalue weighted by atomic mass is 10.1. The van der Waals surface area contributed by atoms with Crippen LogP contribution in [0.5, 0.6) is 0 Å². The van der Waals surface area contributed by atoms with Crippen LogP contribution in [0.4, 0.5) is 0 Å². The Labute approximate surface area is 170 Å². The molecule has 2 rings (SSSR count). The van der Waals surface area contributed by atoms with E-state index in [0.717, 1.165) is 0 Å². The van der Waals surface area contributed by atoms with Crippen LogP contribution in [-0.4, -0.2) is 29.1 Å². The second-order valence-electron chi connectivity index (χ2n) is 8.13. The molecule has 2 N–H and O–H groups in total. The van der Waals surface area contributed by atoms with Gasteiger partial charge >= 0.3 is 0 Å². The van der Waals surface area contributed by atoms with Gasteiger partial charge in [0.1, 0.15) is 0 Å². The molecule has 152 valence electrons. The van der Waals surface area contributed by atoms with Crippen molar-refractivity contribution >= 4 is 28.7 Å². The minimum Gasteiger partial charge on any atom is -0.407 e. The maximum atomic E-state index is 11.4. The van der Waals surface area contributed by atoms with Crippen LogP contribution < -0.4 is 15.5 Å². The number of hydrogen-bond acceptors (Lipinski definition) is 3. The number of sulfonamides is 1. The first-order chi connectivity index (χ1) is 13.1. The molecule has 0 amide bonds. The lowest BCUT2D eigenvalue weighted by Gasteiger charge is -2.43. The van der Waals surface area contributed by atoms with Gasteiger partial charge < -0.3 is 4.43 Å². The van der Waals surface area contributed by atoms with Gasteiger partial charge in [0.05, 0.1) is 5.75 Å². The molecule has 0 bridgehead atoms. The predicted octanol–water partition coefficient (Wildman–Crippen LogP) is 3.04. The van der Waals surface area contributed by atoms with E-state index < -0.39 is 18.3 Å². The van der Waals surface area contributed by atoms with Gasteiger partial charge in [0, 0.05) is 6.61 Å². The van der Waals surface area contributed by atoms with Gasteiger partial charge in [0.15, 0.2) is 0 Å². The summed E-state index contributed by atoms with van der Waals surface area (Å²) in [6.07, 6.45) is 2.17. The Bertz CT molecular complexity index is 822. The average molecular weight is 418 g/mol. The molecule has 0 aromatic heterocycles. The topological polar surface area (TPSA) is 69.4 Å². The molecule has 0 saturated heterocycles. The van der Waals surface area contributed by atoms with Crippen LogP contribution >= 0.6 is 0 Å². The Morgan fingerprint density at radius 1 is 1.04 bits per heavy atom. The van der Waals surface area contributed by atoms with Crippen molar-refractivity contribution in [2.24, 2.45) is 11.1 Å². The zero-order chi connectivity index (χ0) is 20.8. The third kappa shape index (κ3) is 5.41. The molecule has 0 fully saturated rings. The second-order valence-corrected chi connectivity index (χ2v) is 14.2. The first kappa shape index (κ1) is 22.6. The lowest BCUT2D eigenvalue weighted by molar-refractivity contribution is 0.257. The molecule has 0 heterocycles. The third-order valence-electron chi connectivity index (χ3n) is 5.04. The van der Waals surface area contributed by atoms with Crippen LogP contribution in [0.3, 0.4) is 0 Å². The Hall–Kier alpha value is -1.73. The van der Waals surface area contributed by atoms with E-state index in [4.69, 9.17) is 9.56 Å². The molecule has 0 aliphatic rings. The molecule has 1 unspecified atom stereocenters. The van der Waals surface area contributed by atoms with Gasteiger partial charge in [-0.1, -0.05) is 87.5 Å². The van der Waals surface area contributed by atoms with Gasteiger partial charge in [-0.2, -0.15) is 0 Å². The zero-order valence-corrected chi connectivity index (χ0v) is 18.8. The van der Waals surface area contributed by atoms with Crippen molar-refractivity contribution in [3.05, 3.63) is 73.3 Å². The standard InChI is InChI=1S/C22H31NO3SSi/c1-5-19(16-17-27(23,24)25)18-26-28(22(2,3)4,20-12-8-6-9-13-20)21-14-10-7-11-15-21/h5-15,19H,1,16-18H2,2-4H3,(H2,23,24,25). The van der Waals surface area contributed by atoms with Crippen LogP contribution in [0.1, 0.15) is 27.2 Å². The highest BCUT2D eigenvalue weighted by atomic mass is 32.2. The normalized spacial score (nSPS) is 13.9. The summed E-state index contributed by atoms with van der Waals surface area (Å²) in [5.41, 5.74) is 0. The van der Waals surface area contributed by atoms with E-state index in [1.807, 2.05) is 36.4 Å². The maximum absolute atomic E-state index is 11.4. The van der Waals surface area contributed by atoms with Gasteiger partial charge in [-0.15, -0.1) is 6.58 Å². The zero-order valence-electron chi connectivity index (χ0n) is 17.0. The summed E-state index contributed by atoms with van der Waals surface area (Å²) < 4.78 is 29.5. The second kappa shape index (κ2) is 9.18. The van der Waals surface area contributed by atoms with Gasteiger partial charge in [0.25, 0.3) is 8.32 Å². The smallest absolute Gasteiger partial charge is 0.261 e. The Balaban J connectivity index is 2.45. The van der Waals surface area contributed by atoms with Crippen LogP contribution in [0.15, 0.2) is 73.3 Å². The van der Waals surface area contributed by atoms with Gasteiger partial charge in [-0.05, 0) is 27.8 Å². The summed E-state index contributed by atoms with van der Waals surface area (Å²) in [6, 6.07) is 20.7. The molecule has 0 aliphatic heterocycles. The molecular weight excluding hydrogens is 386 g/mol. The molecule has 0 radical (unpaired) electrons. The predicted molar refractivity (Wildman–Crippen MR) is 120 cm³/mol. The molecule has 0 spiro atoms. The van der Waals surface area contributed by atoms with E-state index in [1.165, 1.54) is 10.4 Å². The van der Waals surface area contributed by atoms with Crippen molar-refractivity contribution in [2.75, 3.05) is 12.4 Å². The molecule has 0 aliphatic carbocycles. The monoisotopic (exact) mass is 417 g/mol. The van der Waals surface area contributed by atoms with Crippen molar-refractivity contribution in [3.63, 3.8) is 0 Å². The summed E-state index contributed by atoms with van der Waals surface area (Å²) in [4.78, 5) is 0. The highest BCUT2D eigenvalue weighted by Gasteiger charge is 2.50. The summed E-state index contributed by atoms with van der Waals surface area (Å²) in [5, 5.41) is 7.45. The molecular formula is C22H31NO3SSi. The number of rotatable bonds is 9. The largest absolute Gasteiger partial charge is 0.407 e. The average Bonchev–Trinajstić information content (AvgIpc) is 2.64. The fraction of sp³-hybridized carbons (Fsp3) is 0.364. The number of benzene rings is 2. The molecule has 4 nitrogen and oxygen atoms in total. The summed E-state index contributed by atoms with van der Waals surface area (Å²) >= 11 is 0. The van der Waals surface area contributed by atoms with Crippen molar-refractivity contribution < 1.29 is 12.8 Å². The van der Waals surface area contributed by atoms with E-state index >= 15 is 0 Å². The number of hydrogen-bond donors (Lipinski definition) is 1. The lowest BCUT2D eigenvalue weighted by Crippen LogP contribution is -2.66. The van der Waals surface area contributed by atoms with Gasteiger partial charge in [-0.3, -0.25) is 0 Å². The van der Waals surface area contributed by atoms with Crippen molar-refractivity contribution in [2.45, 2.75) is 32.2 Å². The quantitative estimate of drug-likeness (QED) is 0.504.